The Labute approximate surface area is 163 Å². The molecular formula is C23H18O3S. The van der Waals surface area contributed by atoms with Gasteiger partial charge in [-0.2, -0.15) is 12.6 Å². The van der Waals surface area contributed by atoms with Crippen molar-refractivity contribution in [1.29, 1.82) is 0 Å². The molecule has 0 amide bonds. The molecule has 134 valence electrons. The van der Waals surface area contributed by atoms with E-state index in [0.29, 0.717) is 0 Å². The number of esters is 2. The lowest BCUT2D eigenvalue weighted by Crippen LogP contribution is -2.52. The summed E-state index contributed by atoms with van der Waals surface area (Å²) in [5, 5.41) is 0. The molecule has 1 saturated heterocycles. The van der Waals surface area contributed by atoms with Gasteiger partial charge >= 0.3 is 11.9 Å². The molecule has 0 spiro atoms. The van der Waals surface area contributed by atoms with Crippen molar-refractivity contribution in [1.82, 2.24) is 0 Å². The van der Waals surface area contributed by atoms with Crippen LogP contribution in [-0.4, -0.2) is 16.7 Å². The molecule has 4 heteroatoms. The average Bonchev–Trinajstić information content (AvgIpc) is 2.97. The summed E-state index contributed by atoms with van der Waals surface area (Å²) in [5.74, 6) is -1.17. The van der Waals surface area contributed by atoms with Gasteiger partial charge in [-0.25, -0.2) is 4.79 Å². The molecule has 0 N–H and O–H groups in total. The fraction of sp³-hybridized carbons (Fsp3) is 0.130. The summed E-state index contributed by atoms with van der Waals surface area (Å²) < 4.78 is 3.63. The van der Waals surface area contributed by atoms with Gasteiger partial charge in [0.25, 0.3) is 0 Å². The van der Waals surface area contributed by atoms with E-state index in [-0.39, 0.29) is 6.42 Å². The van der Waals surface area contributed by atoms with Crippen LogP contribution in [0.4, 0.5) is 0 Å². The lowest BCUT2D eigenvalue weighted by Gasteiger charge is -2.44. The zero-order valence-electron chi connectivity index (χ0n) is 14.5. The molecule has 1 atom stereocenters. The van der Waals surface area contributed by atoms with Crippen molar-refractivity contribution in [2.24, 2.45) is 0 Å². The molecule has 0 aliphatic carbocycles. The van der Waals surface area contributed by atoms with Gasteiger partial charge in [0.05, 0.1) is 11.8 Å². The van der Waals surface area contributed by atoms with E-state index in [1.165, 1.54) is 0 Å². The molecule has 3 aromatic carbocycles. The largest absolute Gasteiger partial charge is 0.392 e. The smallest absolute Gasteiger partial charge is 0.331 e. The third kappa shape index (κ3) is 2.60. The van der Waals surface area contributed by atoms with Gasteiger partial charge in [0, 0.05) is 0 Å². The van der Waals surface area contributed by atoms with E-state index in [1.54, 1.807) is 0 Å². The summed E-state index contributed by atoms with van der Waals surface area (Å²) in [5.41, 5.74) is 1.65. The highest BCUT2D eigenvalue weighted by atomic mass is 32.1. The second-order valence-corrected chi connectivity index (χ2v) is 7.41. The maximum Gasteiger partial charge on any atom is 0.331 e. The molecule has 1 aliphatic heterocycles. The van der Waals surface area contributed by atoms with E-state index in [1.807, 2.05) is 91.0 Å². The molecule has 1 heterocycles. The first-order valence-electron chi connectivity index (χ1n) is 8.73. The predicted octanol–water partition coefficient (Wildman–Crippen LogP) is 4.16. The standard InChI is InChI=1S/C23H18O3S/c24-20-16-22(27,21(25)26-20)23(17-10-4-1-5-11-17,18-12-6-2-7-13-18)19-14-8-3-9-15-19/h1-15,27H,16H2. The molecule has 0 radical (unpaired) electrons. The van der Waals surface area contributed by atoms with Crippen molar-refractivity contribution in [3.63, 3.8) is 0 Å². The normalized spacial score (nSPS) is 19.7. The van der Waals surface area contributed by atoms with Crippen LogP contribution < -0.4 is 0 Å². The third-order valence-electron chi connectivity index (χ3n) is 5.19. The highest BCUT2D eigenvalue weighted by Gasteiger charge is 2.62. The lowest BCUT2D eigenvalue weighted by atomic mass is 9.60. The topological polar surface area (TPSA) is 43.4 Å². The Bertz CT molecular complexity index is 874. The number of carbonyl (C=O) groups excluding carboxylic acids is 2. The van der Waals surface area contributed by atoms with Gasteiger partial charge in [-0.3, -0.25) is 4.79 Å². The fourth-order valence-electron chi connectivity index (χ4n) is 4.07. The van der Waals surface area contributed by atoms with Gasteiger partial charge < -0.3 is 4.74 Å². The highest BCUT2D eigenvalue weighted by molar-refractivity contribution is 7.83. The molecule has 0 aromatic heterocycles. The number of hydrogen-bond donors (Lipinski definition) is 1. The van der Waals surface area contributed by atoms with Crippen LogP contribution >= 0.6 is 12.6 Å². The second-order valence-electron chi connectivity index (χ2n) is 6.65. The maximum absolute atomic E-state index is 13.0. The Morgan fingerprint density at radius 1 is 0.704 bits per heavy atom. The molecule has 3 nitrogen and oxygen atoms in total. The van der Waals surface area contributed by atoms with Gasteiger partial charge in [-0.15, -0.1) is 0 Å². The van der Waals surface area contributed by atoms with Gasteiger partial charge in [0.1, 0.15) is 4.75 Å². The van der Waals surface area contributed by atoms with Crippen LogP contribution in [0.1, 0.15) is 23.1 Å². The molecule has 27 heavy (non-hydrogen) atoms. The van der Waals surface area contributed by atoms with E-state index in [9.17, 15) is 9.59 Å². The minimum absolute atomic E-state index is 0.104. The SMILES string of the molecule is O=C1CC(S)(C(c2ccccc2)(c2ccccc2)c2ccccc2)C(=O)O1. The van der Waals surface area contributed by atoms with Crippen molar-refractivity contribution in [2.45, 2.75) is 16.6 Å². The number of hydrogen-bond acceptors (Lipinski definition) is 4. The minimum Gasteiger partial charge on any atom is -0.392 e. The van der Waals surface area contributed by atoms with Gasteiger partial charge in [0.2, 0.25) is 0 Å². The van der Waals surface area contributed by atoms with Crippen molar-refractivity contribution in [3.8, 4) is 0 Å². The van der Waals surface area contributed by atoms with Crippen LogP contribution in [0.15, 0.2) is 91.0 Å². The van der Waals surface area contributed by atoms with Crippen LogP contribution in [0.25, 0.3) is 0 Å². The van der Waals surface area contributed by atoms with Crippen LogP contribution in [0.2, 0.25) is 0 Å². The third-order valence-corrected chi connectivity index (χ3v) is 5.86. The molecule has 3 aromatic rings. The molecule has 0 saturated carbocycles. The first kappa shape index (κ1) is 17.6. The summed E-state index contributed by atoms with van der Waals surface area (Å²) >= 11 is 4.85. The molecule has 1 unspecified atom stereocenters. The predicted molar refractivity (Wildman–Crippen MR) is 107 cm³/mol. The molecule has 1 aliphatic rings. The number of carbonyl (C=O) groups is 2. The Morgan fingerprint density at radius 3 is 1.37 bits per heavy atom. The fourth-order valence-corrected chi connectivity index (χ4v) is 4.63. The van der Waals surface area contributed by atoms with E-state index in [2.05, 4.69) is 0 Å². The Morgan fingerprint density at radius 2 is 1.07 bits per heavy atom. The Hall–Kier alpha value is -2.85. The zero-order chi connectivity index (χ0) is 18.9. The zero-order valence-corrected chi connectivity index (χ0v) is 15.4. The maximum atomic E-state index is 13.0. The minimum atomic E-state index is -1.37. The van der Waals surface area contributed by atoms with Crippen molar-refractivity contribution >= 4 is 24.6 Å². The van der Waals surface area contributed by atoms with E-state index in [0.717, 1.165) is 16.7 Å². The molecule has 0 bridgehead atoms. The van der Waals surface area contributed by atoms with Gasteiger partial charge in [-0.05, 0) is 16.7 Å². The molecular weight excluding hydrogens is 356 g/mol. The Balaban J connectivity index is 2.14. The summed E-state index contributed by atoms with van der Waals surface area (Å²) in [4.78, 5) is 25.1. The van der Waals surface area contributed by atoms with Crippen molar-refractivity contribution in [2.75, 3.05) is 0 Å². The van der Waals surface area contributed by atoms with E-state index >= 15 is 0 Å². The Kier molecular flexibility index (Phi) is 4.36. The first-order chi connectivity index (χ1) is 13.1. The molecule has 1 fully saturated rings. The van der Waals surface area contributed by atoms with Crippen LogP contribution in [0.3, 0.4) is 0 Å². The van der Waals surface area contributed by atoms with Gasteiger partial charge in [-0.1, -0.05) is 91.0 Å². The van der Waals surface area contributed by atoms with Crippen LogP contribution in [0, 0.1) is 0 Å². The van der Waals surface area contributed by atoms with Gasteiger partial charge in [0.15, 0.2) is 0 Å². The second kappa shape index (κ2) is 6.71. The summed E-state index contributed by atoms with van der Waals surface area (Å²) in [7, 11) is 0. The van der Waals surface area contributed by atoms with Crippen molar-refractivity contribution in [3.05, 3.63) is 108 Å². The number of ether oxygens (including phenoxy) is 1. The lowest BCUT2D eigenvalue weighted by molar-refractivity contribution is -0.152. The number of thiol groups is 1. The number of benzene rings is 3. The molecule has 4 rings (SSSR count). The first-order valence-corrected chi connectivity index (χ1v) is 9.18. The van der Waals surface area contributed by atoms with E-state index < -0.39 is 22.1 Å². The van der Waals surface area contributed by atoms with Crippen LogP contribution in [0.5, 0.6) is 0 Å². The van der Waals surface area contributed by atoms with Crippen molar-refractivity contribution < 1.29 is 14.3 Å². The monoisotopic (exact) mass is 374 g/mol. The summed E-state index contributed by atoms with van der Waals surface area (Å²) in [6, 6.07) is 29.1. The highest BCUT2D eigenvalue weighted by Crippen LogP contribution is 2.54. The summed E-state index contributed by atoms with van der Waals surface area (Å²) in [6.07, 6.45) is -0.104. The quantitative estimate of drug-likeness (QED) is 0.323. The number of cyclic esters (lactones) is 2. The van der Waals surface area contributed by atoms with E-state index in [4.69, 9.17) is 17.4 Å². The van der Waals surface area contributed by atoms with Crippen LogP contribution in [-0.2, 0) is 19.7 Å². The number of rotatable bonds is 4. The summed E-state index contributed by atoms with van der Waals surface area (Å²) in [6.45, 7) is 0. The average molecular weight is 374 g/mol.